The maximum atomic E-state index is 11.5. The standard InChI is InChI=1S/C14H12Cl2N2O2/c1-8-4-2-3-5-10(8)11(13(19)20)6-9-7-17-14(16)18-12(9)15/h2-5,7,11H,6H2,1H3,(H,19,20). The molecule has 6 heteroatoms. The Morgan fingerprint density at radius 2 is 2.05 bits per heavy atom. The normalized spacial score (nSPS) is 12.2. The number of hydrogen-bond acceptors (Lipinski definition) is 3. The summed E-state index contributed by atoms with van der Waals surface area (Å²) in [5.74, 6) is -1.61. The minimum atomic E-state index is -0.912. The summed E-state index contributed by atoms with van der Waals surface area (Å²) in [6.07, 6.45) is 1.68. The van der Waals surface area contributed by atoms with Crippen LogP contribution in [0.25, 0.3) is 0 Å². The number of rotatable bonds is 4. The molecular formula is C14H12Cl2N2O2. The summed E-state index contributed by atoms with van der Waals surface area (Å²) in [7, 11) is 0. The molecule has 2 aromatic rings. The highest BCUT2D eigenvalue weighted by Gasteiger charge is 2.23. The lowest BCUT2D eigenvalue weighted by Crippen LogP contribution is -2.16. The highest BCUT2D eigenvalue weighted by molar-refractivity contribution is 6.32. The fourth-order valence-electron chi connectivity index (χ4n) is 2.03. The van der Waals surface area contributed by atoms with Crippen LogP contribution >= 0.6 is 23.2 Å². The van der Waals surface area contributed by atoms with Gasteiger partial charge in [-0.25, -0.2) is 9.97 Å². The molecule has 0 amide bonds. The smallest absolute Gasteiger partial charge is 0.311 e. The van der Waals surface area contributed by atoms with Crippen molar-refractivity contribution in [3.05, 3.63) is 57.6 Å². The number of aromatic nitrogens is 2. The van der Waals surface area contributed by atoms with E-state index < -0.39 is 11.9 Å². The van der Waals surface area contributed by atoms with Crippen molar-refractivity contribution in [3.8, 4) is 0 Å². The Morgan fingerprint density at radius 1 is 1.35 bits per heavy atom. The van der Waals surface area contributed by atoms with Crippen LogP contribution in [0.4, 0.5) is 0 Å². The van der Waals surface area contributed by atoms with Gasteiger partial charge in [0.05, 0.1) is 5.92 Å². The highest BCUT2D eigenvalue weighted by atomic mass is 35.5. The predicted molar refractivity (Wildman–Crippen MR) is 77.3 cm³/mol. The Bertz CT molecular complexity index is 647. The fraction of sp³-hybridized carbons (Fsp3) is 0.214. The average Bonchev–Trinajstić information content (AvgIpc) is 2.39. The van der Waals surface area contributed by atoms with Crippen molar-refractivity contribution in [1.82, 2.24) is 9.97 Å². The van der Waals surface area contributed by atoms with E-state index in [9.17, 15) is 9.90 Å². The summed E-state index contributed by atoms with van der Waals surface area (Å²) in [5, 5.41) is 9.68. The van der Waals surface area contributed by atoms with Gasteiger partial charge in [0.15, 0.2) is 0 Å². The number of carboxylic acid groups (broad SMARTS) is 1. The topological polar surface area (TPSA) is 63.1 Å². The first kappa shape index (κ1) is 14.8. The molecule has 1 unspecified atom stereocenters. The van der Waals surface area contributed by atoms with Gasteiger partial charge in [0.25, 0.3) is 0 Å². The van der Waals surface area contributed by atoms with Crippen LogP contribution in [-0.2, 0) is 11.2 Å². The second-order valence-electron chi connectivity index (χ2n) is 4.41. The van der Waals surface area contributed by atoms with Gasteiger partial charge in [0.2, 0.25) is 5.28 Å². The number of nitrogens with zero attached hydrogens (tertiary/aromatic N) is 2. The summed E-state index contributed by atoms with van der Waals surface area (Å²) in [5.41, 5.74) is 2.24. The summed E-state index contributed by atoms with van der Waals surface area (Å²) >= 11 is 11.6. The summed E-state index contributed by atoms with van der Waals surface area (Å²) < 4.78 is 0. The van der Waals surface area contributed by atoms with Gasteiger partial charge in [0.1, 0.15) is 5.15 Å². The lowest BCUT2D eigenvalue weighted by Gasteiger charge is -2.15. The van der Waals surface area contributed by atoms with Crippen LogP contribution in [0.1, 0.15) is 22.6 Å². The average molecular weight is 311 g/mol. The van der Waals surface area contributed by atoms with Gasteiger partial charge in [-0.2, -0.15) is 0 Å². The highest BCUT2D eigenvalue weighted by Crippen LogP contribution is 2.26. The molecule has 0 saturated carbocycles. The van der Waals surface area contributed by atoms with Crippen molar-refractivity contribution < 1.29 is 9.90 Å². The minimum absolute atomic E-state index is 0.0431. The number of aliphatic carboxylic acids is 1. The van der Waals surface area contributed by atoms with Gasteiger partial charge in [-0.3, -0.25) is 4.79 Å². The minimum Gasteiger partial charge on any atom is -0.481 e. The van der Waals surface area contributed by atoms with E-state index in [0.29, 0.717) is 5.56 Å². The van der Waals surface area contributed by atoms with E-state index in [1.807, 2.05) is 25.1 Å². The van der Waals surface area contributed by atoms with Crippen molar-refractivity contribution in [3.63, 3.8) is 0 Å². The first-order valence-electron chi connectivity index (χ1n) is 5.94. The molecule has 1 aromatic heterocycles. The third kappa shape index (κ3) is 3.26. The third-order valence-electron chi connectivity index (χ3n) is 3.07. The molecular weight excluding hydrogens is 299 g/mol. The molecule has 0 radical (unpaired) electrons. The van der Waals surface area contributed by atoms with E-state index in [1.54, 1.807) is 6.07 Å². The van der Waals surface area contributed by atoms with Gasteiger partial charge in [-0.15, -0.1) is 0 Å². The molecule has 4 nitrogen and oxygen atoms in total. The molecule has 2 rings (SSSR count). The van der Waals surface area contributed by atoms with Gasteiger partial charge in [-0.1, -0.05) is 35.9 Å². The van der Waals surface area contributed by atoms with Crippen molar-refractivity contribution in [2.45, 2.75) is 19.3 Å². The summed E-state index contributed by atoms with van der Waals surface area (Å²) in [4.78, 5) is 19.2. The van der Waals surface area contributed by atoms with Gasteiger partial charge < -0.3 is 5.11 Å². The predicted octanol–water partition coefficient (Wildman–Crippen LogP) is 3.50. The van der Waals surface area contributed by atoms with Crippen molar-refractivity contribution in [2.24, 2.45) is 0 Å². The van der Waals surface area contributed by atoms with Crippen molar-refractivity contribution in [2.75, 3.05) is 0 Å². The molecule has 0 saturated heterocycles. The monoisotopic (exact) mass is 310 g/mol. The number of halogens is 2. The third-order valence-corrected chi connectivity index (χ3v) is 3.58. The molecule has 104 valence electrons. The maximum absolute atomic E-state index is 11.5. The Labute approximate surface area is 126 Å². The molecule has 0 aliphatic rings. The Kier molecular flexibility index (Phi) is 4.57. The van der Waals surface area contributed by atoms with E-state index in [4.69, 9.17) is 23.2 Å². The molecule has 0 bridgehead atoms. The zero-order chi connectivity index (χ0) is 14.7. The van der Waals surface area contributed by atoms with E-state index in [2.05, 4.69) is 9.97 Å². The fourth-order valence-corrected chi connectivity index (χ4v) is 2.41. The molecule has 1 atom stereocenters. The van der Waals surface area contributed by atoms with Crippen LogP contribution in [-0.4, -0.2) is 21.0 Å². The maximum Gasteiger partial charge on any atom is 0.311 e. The summed E-state index contributed by atoms with van der Waals surface area (Å²) in [6.45, 7) is 1.88. The SMILES string of the molecule is Cc1ccccc1C(Cc1cnc(Cl)nc1Cl)C(=O)O. The zero-order valence-electron chi connectivity index (χ0n) is 10.7. The molecule has 1 heterocycles. The molecule has 0 aliphatic carbocycles. The van der Waals surface area contributed by atoms with Crippen LogP contribution in [0.2, 0.25) is 10.4 Å². The number of hydrogen-bond donors (Lipinski definition) is 1. The molecule has 0 spiro atoms. The molecule has 20 heavy (non-hydrogen) atoms. The second kappa shape index (κ2) is 6.20. The van der Waals surface area contributed by atoms with Crippen LogP contribution in [0.5, 0.6) is 0 Å². The molecule has 1 aromatic carbocycles. The van der Waals surface area contributed by atoms with Crippen molar-refractivity contribution >= 4 is 29.2 Å². The lowest BCUT2D eigenvalue weighted by molar-refractivity contribution is -0.138. The van der Waals surface area contributed by atoms with Crippen LogP contribution in [0.15, 0.2) is 30.5 Å². The van der Waals surface area contributed by atoms with Gasteiger partial charge in [-0.05, 0) is 36.1 Å². The molecule has 0 aliphatic heterocycles. The van der Waals surface area contributed by atoms with Crippen LogP contribution < -0.4 is 0 Å². The van der Waals surface area contributed by atoms with E-state index in [-0.39, 0.29) is 16.9 Å². The van der Waals surface area contributed by atoms with Gasteiger partial charge in [0, 0.05) is 11.8 Å². The van der Waals surface area contributed by atoms with E-state index in [1.165, 1.54) is 6.20 Å². The molecule has 1 N–H and O–H groups in total. The molecule has 0 fully saturated rings. The first-order chi connectivity index (χ1) is 9.49. The van der Waals surface area contributed by atoms with Crippen molar-refractivity contribution in [1.29, 1.82) is 0 Å². The summed E-state index contributed by atoms with van der Waals surface area (Å²) in [6, 6.07) is 7.37. The first-order valence-corrected chi connectivity index (χ1v) is 6.70. The number of carboxylic acids is 1. The van der Waals surface area contributed by atoms with E-state index >= 15 is 0 Å². The van der Waals surface area contributed by atoms with E-state index in [0.717, 1.165) is 11.1 Å². The largest absolute Gasteiger partial charge is 0.481 e. The Balaban J connectivity index is 2.36. The number of aryl methyl sites for hydroxylation is 1. The quantitative estimate of drug-likeness (QED) is 0.693. The lowest BCUT2D eigenvalue weighted by atomic mass is 9.90. The zero-order valence-corrected chi connectivity index (χ0v) is 12.2. The number of carbonyl (C=O) groups is 1. The Morgan fingerprint density at radius 3 is 2.65 bits per heavy atom. The van der Waals surface area contributed by atoms with Crippen LogP contribution in [0.3, 0.4) is 0 Å². The van der Waals surface area contributed by atoms with Gasteiger partial charge >= 0.3 is 5.97 Å². The second-order valence-corrected chi connectivity index (χ2v) is 5.10. The number of benzene rings is 1. The Hall–Kier alpha value is -1.65. The van der Waals surface area contributed by atoms with Crippen LogP contribution in [0, 0.1) is 6.92 Å².